The van der Waals surface area contributed by atoms with Crippen molar-refractivity contribution in [1.82, 2.24) is 15.0 Å². The average Bonchev–Trinajstić information content (AvgIpc) is 3.02. The van der Waals surface area contributed by atoms with Crippen molar-refractivity contribution in [3.8, 4) is 11.5 Å². The van der Waals surface area contributed by atoms with Crippen LogP contribution in [0.25, 0.3) is 11.0 Å². The second-order valence-corrected chi connectivity index (χ2v) is 6.22. The fourth-order valence-electron chi connectivity index (χ4n) is 2.52. The van der Waals surface area contributed by atoms with Gasteiger partial charge in [0.2, 0.25) is 0 Å². The van der Waals surface area contributed by atoms with Crippen molar-refractivity contribution in [2.45, 2.75) is 24.4 Å². The summed E-state index contributed by atoms with van der Waals surface area (Å²) in [5.41, 5.74) is 4.38. The summed E-state index contributed by atoms with van der Waals surface area (Å²) < 4.78 is 10.6. The van der Waals surface area contributed by atoms with Crippen LogP contribution in [0.2, 0.25) is 0 Å². The minimum atomic E-state index is -0.0875. The van der Waals surface area contributed by atoms with Crippen LogP contribution in [0, 0.1) is 6.92 Å². The number of aromatic amines is 1. The van der Waals surface area contributed by atoms with Crippen molar-refractivity contribution in [2.24, 2.45) is 0 Å². The summed E-state index contributed by atoms with van der Waals surface area (Å²) in [5, 5.41) is 10.2. The first kappa shape index (κ1) is 16.6. The number of aliphatic hydroxyl groups is 1. The molecule has 0 saturated carbocycles. The molecule has 0 saturated heterocycles. The van der Waals surface area contributed by atoms with Crippen LogP contribution in [0.4, 0.5) is 0 Å². The number of H-pyrrole nitrogens is 1. The lowest BCUT2D eigenvalue weighted by atomic mass is 10.1. The number of fused-ring (bicyclic) bond motifs is 1. The van der Waals surface area contributed by atoms with Gasteiger partial charge in [-0.15, -0.1) is 0 Å². The number of rotatable bonds is 6. The Bertz CT molecular complexity index is 864. The standard InChI is InChI=1S/C17H19N3O3S/c1-10-15(18-7-11(8-21)16(10)23-3)9-24-17-19-13-5-4-12(22-2)6-14(13)20-17/h4-7,21H,8-9H2,1-3H3,(H,19,20). The molecule has 0 bridgehead atoms. The molecule has 0 radical (unpaired) electrons. The largest absolute Gasteiger partial charge is 0.497 e. The molecule has 2 aromatic heterocycles. The van der Waals surface area contributed by atoms with E-state index in [0.717, 1.165) is 33.2 Å². The second kappa shape index (κ2) is 7.11. The van der Waals surface area contributed by atoms with Gasteiger partial charge >= 0.3 is 0 Å². The third-order valence-electron chi connectivity index (χ3n) is 3.83. The molecule has 1 aromatic carbocycles. The zero-order chi connectivity index (χ0) is 17.1. The molecule has 0 spiro atoms. The lowest BCUT2D eigenvalue weighted by Gasteiger charge is -2.12. The van der Waals surface area contributed by atoms with Gasteiger partial charge in [-0.3, -0.25) is 4.98 Å². The monoisotopic (exact) mass is 345 g/mol. The SMILES string of the molecule is COc1ccc2nc(SCc3ncc(CO)c(OC)c3C)[nH]c2c1. The summed E-state index contributed by atoms with van der Waals surface area (Å²) >= 11 is 1.57. The van der Waals surface area contributed by atoms with Crippen LogP contribution < -0.4 is 9.47 Å². The van der Waals surface area contributed by atoms with Crippen molar-refractivity contribution in [2.75, 3.05) is 14.2 Å². The Labute approximate surface area is 144 Å². The molecule has 0 fully saturated rings. The molecule has 0 aliphatic rings. The molecule has 7 heteroatoms. The Morgan fingerprint density at radius 3 is 2.79 bits per heavy atom. The lowest BCUT2D eigenvalue weighted by molar-refractivity contribution is 0.272. The maximum atomic E-state index is 9.35. The third-order valence-corrected chi connectivity index (χ3v) is 4.71. The number of imidazole rings is 1. The van der Waals surface area contributed by atoms with Gasteiger partial charge in [0.05, 0.1) is 37.6 Å². The Kier molecular flexibility index (Phi) is 4.92. The molecular formula is C17H19N3O3S. The predicted octanol–water partition coefficient (Wildman–Crippen LogP) is 3.07. The van der Waals surface area contributed by atoms with E-state index in [1.165, 1.54) is 0 Å². The van der Waals surface area contributed by atoms with E-state index in [-0.39, 0.29) is 6.61 Å². The molecule has 0 aliphatic carbocycles. The van der Waals surface area contributed by atoms with Crippen LogP contribution >= 0.6 is 11.8 Å². The number of nitrogens with one attached hydrogen (secondary N) is 1. The highest BCUT2D eigenvalue weighted by atomic mass is 32.2. The summed E-state index contributed by atoms with van der Waals surface area (Å²) in [6.45, 7) is 1.86. The van der Waals surface area contributed by atoms with Crippen LogP contribution in [0.1, 0.15) is 16.8 Å². The molecular weight excluding hydrogens is 326 g/mol. The molecule has 0 aliphatic heterocycles. The predicted molar refractivity (Wildman–Crippen MR) is 93.7 cm³/mol. The quantitative estimate of drug-likeness (QED) is 0.668. The minimum Gasteiger partial charge on any atom is -0.497 e. The van der Waals surface area contributed by atoms with Crippen molar-refractivity contribution in [3.63, 3.8) is 0 Å². The summed E-state index contributed by atoms with van der Waals surface area (Å²) in [4.78, 5) is 12.3. The number of aromatic nitrogens is 3. The highest BCUT2D eigenvalue weighted by molar-refractivity contribution is 7.98. The molecule has 24 heavy (non-hydrogen) atoms. The Hall–Kier alpha value is -2.25. The molecule has 0 atom stereocenters. The second-order valence-electron chi connectivity index (χ2n) is 5.26. The number of pyridine rings is 1. The third kappa shape index (κ3) is 3.18. The van der Waals surface area contributed by atoms with Gasteiger partial charge in [0, 0.05) is 29.1 Å². The van der Waals surface area contributed by atoms with Gasteiger partial charge in [-0.05, 0) is 19.1 Å². The van der Waals surface area contributed by atoms with Crippen molar-refractivity contribution in [1.29, 1.82) is 0 Å². The number of hydrogen-bond acceptors (Lipinski definition) is 6. The number of thioether (sulfide) groups is 1. The van der Waals surface area contributed by atoms with Crippen LogP contribution in [0.3, 0.4) is 0 Å². The van der Waals surface area contributed by atoms with Crippen LogP contribution in [0.5, 0.6) is 11.5 Å². The zero-order valence-corrected chi connectivity index (χ0v) is 14.6. The van der Waals surface area contributed by atoms with E-state index in [2.05, 4.69) is 15.0 Å². The van der Waals surface area contributed by atoms with Crippen LogP contribution in [-0.4, -0.2) is 34.3 Å². The number of aliphatic hydroxyl groups excluding tert-OH is 1. The van der Waals surface area contributed by atoms with E-state index < -0.39 is 0 Å². The Balaban J connectivity index is 1.80. The first-order valence-corrected chi connectivity index (χ1v) is 8.43. The average molecular weight is 345 g/mol. The Morgan fingerprint density at radius 2 is 2.08 bits per heavy atom. The Morgan fingerprint density at radius 1 is 1.25 bits per heavy atom. The molecule has 126 valence electrons. The van der Waals surface area contributed by atoms with Gasteiger partial charge in [0.25, 0.3) is 0 Å². The van der Waals surface area contributed by atoms with E-state index >= 15 is 0 Å². The molecule has 2 heterocycles. The fourth-order valence-corrected chi connectivity index (χ4v) is 3.43. The van der Waals surface area contributed by atoms with Gasteiger partial charge in [0.1, 0.15) is 11.5 Å². The number of methoxy groups -OCH3 is 2. The fraction of sp³-hybridized carbons (Fsp3) is 0.294. The van der Waals surface area contributed by atoms with Crippen LogP contribution in [0.15, 0.2) is 29.6 Å². The lowest BCUT2D eigenvalue weighted by Crippen LogP contribution is -2.01. The molecule has 3 rings (SSSR count). The smallest absolute Gasteiger partial charge is 0.166 e. The maximum absolute atomic E-state index is 9.35. The summed E-state index contributed by atoms with van der Waals surface area (Å²) in [7, 11) is 3.25. The van der Waals surface area contributed by atoms with E-state index in [0.29, 0.717) is 17.1 Å². The van der Waals surface area contributed by atoms with Gasteiger partial charge in [-0.2, -0.15) is 0 Å². The first-order chi connectivity index (χ1) is 11.7. The summed E-state index contributed by atoms with van der Waals surface area (Å²) in [5.74, 6) is 2.15. The van der Waals surface area contributed by atoms with E-state index in [1.807, 2.05) is 25.1 Å². The summed E-state index contributed by atoms with van der Waals surface area (Å²) in [6.07, 6.45) is 1.66. The number of benzene rings is 1. The van der Waals surface area contributed by atoms with E-state index in [4.69, 9.17) is 9.47 Å². The highest BCUT2D eigenvalue weighted by Gasteiger charge is 2.13. The van der Waals surface area contributed by atoms with Crippen molar-refractivity contribution in [3.05, 3.63) is 41.2 Å². The van der Waals surface area contributed by atoms with Gasteiger partial charge in [-0.25, -0.2) is 4.98 Å². The molecule has 0 amide bonds. The van der Waals surface area contributed by atoms with Crippen LogP contribution in [-0.2, 0) is 12.4 Å². The van der Waals surface area contributed by atoms with Crippen molar-refractivity contribution < 1.29 is 14.6 Å². The number of nitrogens with zero attached hydrogens (tertiary/aromatic N) is 2. The topological polar surface area (TPSA) is 80.3 Å². The first-order valence-electron chi connectivity index (χ1n) is 7.45. The van der Waals surface area contributed by atoms with Gasteiger partial charge in [-0.1, -0.05) is 11.8 Å². The highest BCUT2D eigenvalue weighted by Crippen LogP contribution is 2.30. The normalized spacial score (nSPS) is 11.0. The van der Waals surface area contributed by atoms with E-state index in [9.17, 15) is 5.11 Å². The summed E-state index contributed by atoms with van der Waals surface area (Å²) in [6, 6.07) is 5.74. The molecule has 6 nitrogen and oxygen atoms in total. The van der Waals surface area contributed by atoms with Crippen molar-refractivity contribution >= 4 is 22.8 Å². The van der Waals surface area contributed by atoms with Gasteiger partial charge < -0.3 is 19.6 Å². The molecule has 3 aromatic rings. The minimum absolute atomic E-state index is 0.0875. The molecule has 2 N–H and O–H groups in total. The molecule has 0 unspecified atom stereocenters. The number of ether oxygens (including phenoxy) is 2. The maximum Gasteiger partial charge on any atom is 0.166 e. The van der Waals surface area contributed by atoms with Gasteiger partial charge in [0.15, 0.2) is 5.16 Å². The number of hydrogen-bond donors (Lipinski definition) is 2. The zero-order valence-electron chi connectivity index (χ0n) is 13.8. The van der Waals surface area contributed by atoms with E-state index in [1.54, 1.807) is 32.2 Å².